The van der Waals surface area contributed by atoms with Crippen molar-refractivity contribution in [2.45, 2.75) is 63.8 Å². The van der Waals surface area contributed by atoms with Crippen molar-refractivity contribution in [1.82, 2.24) is 9.97 Å². The summed E-state index contributed by atoms with van der Waals surface area (Å²) < 4.78 is 6.17. The lowest BCUT2D eigenvalue weighted by molar-refractivity contribution is -0.0543. The van der Waals surface area contributed by atoms with Gasteiger partial charge < -0.3 is 9.64 Å². The molecule has 2 aliphatic heterocycles. The topological polar surface area (TPSA) is 38.2 Å². The molecule has 2 aromatic heterocycles. The third kappa shape index (κ3) is 3.17. The molecule has 0 aliphatic carbocycles. The highest BCUT2D eigenvalue weighted by molar-refractivity contribution is 7.98. The zero-order valence-corrected chi connectivity index (χ0v) is 17.2. The van der Waals surface area contributed by atoms with Gasteiger partial charge in [-0.3, -0.25) is 0 Å². The van der Waals surface area contributed by atoms with E-state index in [0.29, 0.717) is 6.61 Å². The summed E-state index contributed by atoms with van der Waals surface area (Å²) in [4.78, 5) is 14.8. The first-order chi connectivity index (χ1) is 12.0. The lowest BCUT2D eigenvalue weighted by atomic mass is 9.90. The number of fused-ring (bicyclic) bond motifs is 3. The van der Waals surface area contributed by atoms with E-state index < -0.39 is 0 Å². The zero-order valence-electron chi connectivity index (χ0n) is 15.6. The van der Waals surface area contributed by atoms with Gasteiger partial charge in [-0.1, -0.05) is 25.6 Å². The summed E-state index contributed by atoms with van der Waals surface area (Å²) in [5.74, 6) is 1.99. The van der Waals surface area contributed by atoms with Crippen LogP contribution >= 0.6 is 23.1 Å². The van der Waals surface area contributed by atoms with E-state index in [9.17, 15) is 0 Å². The Morgan fingerprint density at radius 1 is 1.32 bits per heavy atom. The van der Waals surface area contributed by atoms with Crippen molar-refractivity contribution in [3.63, 3.8) is 0 Å². The Morgan fingerprint density at radius 2 is 2.08 bits per heavy atom. The van der Waals surface area contributed by atoms with E-state index in [4.69, 9.17) is 14.7 Å². The van der Waals surface area contributed by atoms with Crippen molar-refractivity contribution >= 4 is 39.1 Å². The average molecular weight is 378 g/mol. The number of thioether (sulfide) groups is 1. The van der Waals surface area contributed by atoms with E-state index in [2.05, 4.69) is 31.9 Å². The average Bonchev–Trinajstić information content (AvgIpc) is 2.99. The minimum Gasteiger partial charge on any atom is -0.369 e. The van der Waals surface area contributed by atoms with Crippen LogP contribution in [0.5, 0.6) is 0 Å². The standard InChI is InChI=1S/C19H27N3OS2/c1-5-19(3)10-13-14(11-23-19)25-17-15(13)16(20-18(21-17)24-4)22-8-6-12(2)7-9-22/h12H,5-11H2,1-4H3/t19-/m1/s1. The van der Waals surface area contributed by atoms with E-state index in [1.54, 1.807) is 23.1 Å². The van der Waals surface area contributed by atoms with Gasteiger partial charge in [-0.15, -0.1) is 11.3 Å². The van der Waals surface area contributed by atoms with Crippen molar-refractivity contribution in [2.24, 2.45) is 5.92 Å². The molecular formula is C19H27N3OS2. The Bertz CT molecular complexity index is 783. The second kappa shape index (κ2) is 6.71. The van der Waals surface area contributed by atoms with Gasteiger partial charge in [-0.25, -0.2) is 9.97 Å². The minimum atomic E-state index is -0.0626. The van der Waals surface area contributed by atoms with Gasteiger partial charge >= 0.3 is 0 Å². The number of piperidine rings is 1. The molecule has 0 saturated carbocycles. The first kappa shape index (κ1) is 17.6. The maximum absolute atomic E-state index is 6.17. The van der Waals surface area contributed by atoms with E-state index in [0.717, 1.165) is 41.8 Å². The normalized spacial score (nSPS) is 24.7. The molecule has 0 radical (unpaired) electrons. The molecule has 4 heterocycles. The molecule has 25 heavy (non-hydrogen) atoms. The first-order valence-electron chi connectivity index (χ1n) is 9.28. The highest BCUT2D eigenvalue weighted by Gasteiger charge is 2.34. The molecule has 0 N–H and O–H groups in total. The SMILES string of the molecule is CC[C@]1(C)Cc2c(sc3nc(SC)nc(N4CCC(C)CC4)c23)CO1. The number of hydrogen-bond donors (Lipinski definition) is 0. The fourth-order valence-electron chi connectivity index (χ4n) is 3.80. The number of ether oxygens (including phenoxy) is 1. The molecule has 0 bridgehead atoms. The number of aromatic nitrogens is 2. The zero-order chi connectivity index (χ0) is 17.6. The second-order valence-corrected chi connectivity index (χ2v) is 9.51. The summed E-state index contributed by atoms with van der Waals surface area (Å²) >= 11 is 3.44. The van der Waals surface area contributed by atoms with Gasteiger partial charge in [-0.05, 0) is 43.9 Å². The molecular weight excluding hydrogens is 350 g/mol. The number of rotatable bonds is 3. The second-order valence-electron chi connectivity index (χ2n) is 7.66. The van der Waals surface area contributed by atoms with Gasteiger partial charge in [0.1, 0.15) is 10.6 Å². The number of thiophene rings is 1. The van der Waals surface area contributed by atoms with Crippen LogP contribution in [0.4, 0.5) is 5.82 Å². The van der Waals surface area contributed by atoms with E-state index in [1.165, 1.54) is 34.5 Å². The molecule has 2 aromatic rings. The van der Waals surface area contributed by atoms with Crippen LogP contribution in [-0.2, 0) is 17.8 Å². The van der Waals surface area contributed by atoms with Crippen LogP contribution in [0.3, 0.4) is 0 Å². The smallest absolute Gasteiger partial charge is 0.190 e. The largest absolute Gasteiger partial charge is 0.369 e. The summed E-state index contributed by atoms with van der Waals surface area (Å²) in [5, 5.41) is 2.19. The predicted octanol–water partition coefficient (Wildman–Crippen LogP) is 4.89. The molecule has 1 atom stereocenters. The van der Waals surface area contributed by atoms with Crippen molar-refractivity contribution < 1.29 is 4.74 Å². The van der Waals surface area contributed by atoms with Gasteiger partial charge in [0.05, 0.1) is 17.6 Å². The molecule has 0 spiro atoms. The fraction of sp³-hybridized carbons (Fsp3) is 0.684. The van der Waals surface area contributed by atoms with Crippen LogP contribution in [0, 0.1) is 5.92 Å². The summed E-state index contributed by atoms with van der Waals surface area (Å²) in [6.07, 6.45) is 6.57. The van der Waals surface area contributed by atoms with Crippen molar-refractivity contribution in [1.29, 1.82) is 0 Å². The van der Waals surface area contributed by atoms with Crippen LogP contribution < -0.4 is 4.90 Å². The lowest BCUT2D eigenvalue weighted by Crippen LogP contribution is -2.35. The molecule has 4 rings (SSSR count). The first-order valence-corrected chi connectivity index (χ1v) is 11.3. The molecule has 0 amide bonds. The quantitative estimate of drug-likeness (QED) is 0.562. The van der Waals surface area contributed by atoms with Crippen LogP contribution in [0.2, 0.25) is 0 Å². The highest BCUT2D eigenvalue weighted by Crippen LogP contribution is 2.43. The predicted molar refractivity (Wildman–Crippen MR) is 107 cm³/mol. The van der Waals surface area contributed by atoms with Crippen LogP contribution in [0.25, 0.3) is 10.2 Å². The van der Waals surface area contributed by atoms with E-state index >= 15 is 0 Å². The van der Waals surface area contributed by atoms with Crippen LogP contribution in [0.15, 0.2) is 5.16 Å². The van der Waals surface area contributed by atoms with Gasteiger partial charge in [0.25, 0.3) is 0 Å². The van der Waals surface area contributed by atoms with Crippen molar-refractivity contribution in [3.8, 4) is 0 Å². The monoisotopic (exact) mass is 377 g/mol. The van der Waals surface area contributed by atoms with Gasteiger partial charge in [-0.2, -0.15) is 0 Å². The molecule has 1 fully saturated rings. The summed E-state index contributed by atoms with van der Waals surface area (Å²) in [6.45, 7) is 9.73. The molecule has 0 unspecified atom stereocenters. The Labute approximate surface area is 158 Å². The maximum Gasteiger partial charge on any atom is 0.190 e. The fourth-order valence-corrected chi connectivity index (χ4v) is 5.32. The van der Waals surface area contributed by atoms with Gasteiger partial charge in [0, 0.05) is 24.4 Å². The maximum atomic E-state index is 6.17. The van der Waals surface area contributed by atoms with Gasteiger partial charge in [0.15, 0.2) is 5.16 Å². The number of hydrogen-bond acceptors (Lipinski definition) is 6. The third-order valence-corrected chi connectivity index (χ3v) is 7.46. The lowest BCUT2D eigenvalue weighted by Gasteiger charge is -2.34. The highest BCUT2D eigenvalue weighted by atomic mass is 32.2. The Morgan fingerprint density at radius 3 is 2.76 bits per heavy atom. The molecule has 136 valence electrons. The molecule has 4 nitrogen and oxygen atoms in total. The third-order valence-electron chi connectivity index (χ3n) is 5.81. The Kier molecular flexibility index (Phi) is 4.71. The Hall–Kier alpha value is -0.850. The number of nitrogens with zero attached hydrogens (tertiary/aromatic N) is 3. The molecule has 0 aromatic carbocycles. The summed E-state index contributed by atoms with van der Waals surface area (Å²) in [7, 11) is 0. The minimum absolute atomic E-state index is 0.0626. The van der Waals surface area contributed by atoms with Crippen LogP contribution in [0.1, 0.15) is 50.5 Å². The summed E-state index contributed by atoms with van der Waals surface area (Å²) in [5.41, 5.74) is 1.38. The van der Waals surface area contributed by atoms with E-state index in [1.807, 2.05) is 0 Å². The van der Waals surface area contributed by atoms with E-state index in [-0.39, 0.29) is 5.60 Å². The summed E-state index contributed by atoms with van der Waals surface area (Å²) in [6, 6.07) is 0. The number of anilines is 1. The molecule has 2 aliphatic rings. The molecule has 6 heteroatoms. The van der Waals surface area contributed by atoms with Gasteiger partial charge in [0.2, 0.25) is 0 Å². The van der Waals surface area contributed by atoms with Crippen molar-refractivity contribution in [2.75, 3.05) is 24.2 Å². The van der Waals surface area contributed by atoms with Crippen molar-refractivity contribution in [3.05, 3.63) is 10.4 Å². The molecule has 1 saturated heterocycles. The Balaban J connectivity index is 1.84. The van der Waals surface area contributed by atoms with Crippen LogP contribution in [-0.4, -0.2) is 34.9 Å².